The number of carbonyl (C=O) groups excluding carboxylic acids is 1. The van der Waals surface area contributed by atoms with Crippen LogP contribution in [0.3, 0.4) is 0 Å². The van der Waals surface area contributed by atoms with Gasteiger partial charge in [0.25, 0.3) is 0 Å². The summed E-state index contributed by atoms with van der Waals surface area (Å²) in [6.45, 7) is 4.66. The van der Waals surface area contributed by atoms with E-state index in [1.54, 1.807) is 11.3 Å². The molecule has 178 valence electrons. The molecule has 2 aliphatic heterocycles. The van der Waals surface area contributed by atoms with Crippen LogP contribution in [0.15, 0.2) is 29.8 Å². The second-order valence-corrected chi connectivity index (χ2v) is 10.4. The fraction of sp³-hybridized carbons (Fsp3) is 0.600. The van der Waals surface area contributed by atoms with Crippen molar-refractivity contribution in [3.05, 3.63) is 45.9 Å². The standard InChI is InChI=1S/C25H34N4O3S/c1-17-23(33-16-26-17)10-12-32-19-6-2-5-18(13-19)14-29(15-20-7-4-11-31-20)25(30)24-21-8-3-9-22(21)27-28-24/h2,5-6,13,16,20-22,24,27-28H,3-4,7-12,14-15H2,1H3. The van der Waals surface area contributed by atoms with Gasteiger partial charge in [-0.25, -0.2) is 10.4 Å². The average Bonchev–Trinajstić information content (AvgIpc) is 3.60. The normalized spacial score (nSPS) is 26.5. The summed E-state index contributed by atoms with van der Waals surface area (Å²) >= 11 is 1.67. The second-order valence-electron chi connectivity index (χ2n) is 9.43. The molecule has 3 fully saturated rings. The molecule has 4 unspecified atom stereocenters. The zero-order valence-corrected chi connectivity index (χ0v) is 20.1. The van der Waals surface area contributed by atoms with Crippen LogP contribution >= 0.6 is 11.3 Å². The fourth-order valence-electron chi connectivity index (χ4n) is 5.36. The van der Waals surface area contributed by atoms with Crippen LogP contribution in [-0.4, -0.2) is 53.7 Å². The SMILES string of the molecule is Cc1ncsc1CCOc1cccc(CN(CC2CCCO2)C(=O)C2NNC3CCCC32)c1. The summed E-state index contributed by atoms with van der Waals surface area (Å²) in [6, 6.07) is 8.41. The smallest absolute Gasteiger partial charge is 0.241 e. The molecule has 2 N–H and O–H groups in total. The Hall–Kier alpha value is -2.00. The van der Waals surface area contributed by atoms with Gasteiger partial charge in [0.2, 0.25) is 5.91 Å². The summed E-state index contributed by atoms with van der Waals surface area (Å²) < 4.78 is 11.9. The largest absolute Gasteiger partial charge is 0.493 e. The Kier molecular flexibility index (Phi) is 7.25. The van der Waals surface area contributed by atoms with Crippen molar-refractivity contribution in [3.8, 4) is 5.75 Å². The van der Waals surface area contributed by atoms with Gasteiger partial charge in [-0.15, -0.1) is 11.3 Å². The number of aryl methyl sites for hydroxylation is 1. The van der Waals surface area contributed by atoms with E-state index in [-0.39, 0.29) is 18.1 Å². The molecule has 3 aliphatic rings. The molecule has 4 atom stereocenters. The van der Waals surface area contributed by atoms with Gasteiger partial charge >= 0.3 is 0 Å². The van der Waals surface area contributed by atoms with Crippen LogP contribution in [0.2, 0.25) is 0 Å². The number of carbonyl (C=O) groups is 1. The van der Waals surface area contributed by atoms with Gasteiger partial charge in [-0.1, -0.05) is 18.6 Å². The van der Waals surface area contributed by atoms with Crippen molar-refractivity contribution in [2.75, 3.05) is 19.8 Å². The number of fused-ring (bicyclic) bond motifs is 1. The number of nitrogens with zero attached hydrogens (tertiary/aromatic N) is 2. The van der Waals surface area contributed by atoms with Gasteiger partial charge in [-0.3, -0.25) is 10.2 Å². The Morgan fingerprint density at radius 1 is 1.27 bits per heavy atom. The molecule has 0 bridgehead atoms. The van der Waals surface area contributed by atoms with E-state index in [1.807, 2.05) is 29.5 Å². The quantitative estimate of drug-likeness (QED) is 0.586. The highest BCUT2D eigenvalue weighted by Crippen LogP contribution is 2.32. The Morgan fingerprint density at radius 2 is 2.21 bits per heavy atom. The number of amides is 1. The molecule has 5 rings (SSSR count). The van der Waals surface area contributed by atoms with Gasteiger partial charge in [0.15, 0.2) is 0 Å². The molecule has 8 heteroatoms. The Balaban J connectivity index is 1.24. The number of nitrogens with one attached hydrogen (secondary N) is 2. The maximum atomic E-state index is 13.6. The number of ether oxygens (including phenoxy) is 2. The summed E-state index contributed by atoms with van der Waals surface area (Å²) in [5.41, 5.74) is 10.7. The summed E-state index contributed by atoms with van der Waals surface area (Å²) in [5.74, 6) is 1.41. The lowest BCUT2D eigenvalue weighted by molar-refractivity contribution is -0.136. The molecule has 1 aromatic carbocycles. The number of aromatic nitrogens is 1. The molecular weight excluding hydrogens is 436 g/mol. The number of rotatable bonds is 9. The first-order chi connectivity index (χ1) is 16.2. The van der Waals surface area contributed by atoms with E-state index in [0.717, 1.165) is 55.7 Å². The zero-order valence-electron chi connectivity index (χ0n) is 19.3. The number of hydrogen-bond acceptors (Lipinski definition) is 7. The second kappa shape index (κ2) is 10.5. The van der Waals surface area contributed by atoms with Crippen LogP contribution in [0.5, 0.6) is 5.75 Å². The third-order valence-corrected chi connectivity index (χ3v) is 8.16. The highest BCUT2D eigenvalue weighted by molar-refractivity contribution is 7.09. The Labute approximate surface area is 199 Å². The molecule has 1 saturated carbocycles. The molecule has 3 heterocycles. The number of hydrazine groups is 1. The number of thiazole rings is 1. The summed E-state index contributed by atoms with van der Waals surface area (Å²) in [5, 5.41) is 0. The lowest BCUT2D eigenvalue weighted by Crippen LogP contribution is -2.49. The third-order valence-electron chi connectivity index (χ3n) is 7.16. The minimum Gasteiger partial charge on any atom is -0.493 e. The molecular formula is C25H34N4O3S. The first-order valence-corrected chi connectivity index (χ1v) is 13.1. The van der Waals surface area contributed by atoms with E-state index < -0.39 is 0 Å². The van der Waals surface area contributed by atoms with Crippen LogP contribution in [0.1, 0.15) is 48.2 Å². The summed E-state index contributed by atoms with van der Waals surface area (Å²) in [6.07, 6.45) is 6.53. The Bertz CT molecular complexity index is 945. The summed E-state index contributed by atoms with van der Waals surface area (Å²) in [4.78, 5) is 21.2. The monoisotopic (exact) mass is 470 g/mol. The van der Waals surface area contributed by atoms with Crippen LogP contribution in [0, 0.1) is 12.8 Å². The fourth-order valence-corrected chi connectivity index (χ4v) is 6.12. The average molecular weight is 471 g/mol. The Morgan fingerprint density at radius 3 is 3.03 bits per heavy atom. The third kappa shape index (κ3) is 5.40. The van der Waals surface area contributed by atoms with Gasteiger partial charge in [0.05, 0.1) is 23.9 Å². The molecule has 0 spiro atoms. The molecule has 1 amide bonds. The summed E-state index contributed by atoms with van der Waals surface area (Å²) in [7, 11) is 0. The maximum Gasteiger partial charge on any atom is 0.241 e. The van der Waals surface area contributed by atoms with Crippen molar-refractivity contribution in [3.63, 3.8) is 0 Å². The topological polar surface area (TPSA) is 75.7 Å². The van der Waals surface area contributed by atoms with Gasteiger partial charge < -0.3 is 14.4 Å². The van der Waals surface area contributed by atoms with Crippen LogP contribution < -0.4 is 15.6 Å². The zero-order chi connectivity index (χ0) is 22.6. The minimum absolute atomic E-state index is 0.129. The predicted octanol–water partition coefficient (Wildman–Crippen LogP) is 3.23. The first kappa shape index (κ1) is 22.8. The van der Waals surface area contributed by atoms with Crippen LogP contribution in [0.25, 0.3) is 0 Å². The van der Waals surface area contributed by atoms with Crippen molar-refractivity contribution in [1.82, 2.24) is 20.7 Å². The van der Waals surface area contributed by atoms with Crippen LogP contribution in [-0.2, 0) is 22.5 Å². The van der Waals surface area contributed by atoms with Crippen molar-refractivity contribution in [1.29, 1.82) is 0 Å². The molecule has 2 aromatic rings. The van der Waals surface area contributed by atoms with Crippen molar-refractivity contribution < 1.29 is 14.3 Å². The molecule has 0 radical (unpaired) electrons. The van der Waals surface area contributed by atoms with E-state index in [4.69, 9.17) is 9.47 Å². The molecule has 2 saturated heterocycles. The van der Waals surface area contributed by atoms with Crippen molar-refractivity contribution >= 4 is 17.2 Å². The van der Waals surface area contributed by atoms with E-state index in [0.29, 0.717) is 31.7 Å². The lowest BCUT2D eigenvalue weighted by Gasteiger charge is -2.29. The van der Waals surface area contributed by atoms with E-state index in [1.165, 1.54) is 11.3 Å². The maximum absolute atomic E-state index is 13.6. The number of benzene rings is 1. The molecule has 1 aliphatic carbocycles. The van der Waals surface area contributed by atoms with E-state index in [9.17, 15) is 4.79 Å². The van der Waals surface area contributed by atoms with Crippen molar-refractivity contribution in [2.45, 2.75) is 70.2 Å². The van der Waals surface area contributed by atoms with E-state index >= 15 is 0 Å². The minimum atomic E-state index is -0.152. The van der Waals surface area contributed by atoms with Crippen LogP contribution in [0.4, 0.5) is 0 Å². The van der Waals surface area contributed by atoms with E-state index in [2.05, 4.69) is 28.0 Å². The highest BCUT2D eigenvalue weighted by atomic mass is 32.1. The highest BCUT2D eigenvalue weighted by Gasteiger charge is 2.44. The van der Waals surface area contributed by atoms with Gasteiger partial charge in [0.1, 0.15) is 11.8 Å². The molecule has 1 aromatic heterocycles. The first-order valence-electron chi connectivity index (χ1n) is 12.2. The van der Waals surface area contributed by atoms with Gasteiger partial charge in [-0.05, 0) is 50.3 Å². The van der Waals surface area contributed by atoms with Crippen molar-refractivity contribution in [2.24, 2.45) is 5.92 Å². The molecule has 7 nitrogen and oxygen atoms in total. The number of hydrogen-bond donors (Lipinski definition) is 2. The lowest BCUT2D eigenvalue weighted by atomic mass is 9.96. The molecule has 33 heavy (non-hydrogen) atoms. The predicted molar refractivity (Wildman–Crippen MR) is 128 cm³/mol. The van der Waals surface area contributed by atoms with Gasteiger partial charge in [0, 0.05) is 43.0 Å². The van der Waals surface area contributed by atoms with Gasteiger partial charge in [-0.2, -0.15) is 0 Å².